The Morgan fingerprint density at radius 2 is 1.50 bits per heavy atom. The molecule has 0 saturated heterocycles. The number of fused-ring (bicyclic) bond motifs is 1. The molecule has 0 spiro atoms. The van der Waals surface area contributed by atoms with E-state index >= 15 is 4.39 Å². The van der Waals surface area contributed by atoms with E-state index < -0.39 is 128 Å². The number of aromatic hydroxyl groups is 1. The Bertz CT molecular complexity index is 3350. The van der Waals surface area contributed by atoms with Crippen molar-refractivity contribution in [2.45, 2.75) is 39.3 Å². The van der Waals surface area contributed by atoms with Crippen LogP contribution in [0.3, 0.4) is 0 Å². The number of hydrogen-bond donors (Lipinski definition) is 6. The van der Waals surface area contributed by atoms with Crippen LogP contribution < -0.4 is 15.5 Å². The van der Waals surface area contributed by atoms with Crippen LogP contribution in [0, 0.1) is 6.08 Å². The molecular formula is C35H33FN8O15S5. The lowest BCUT2D eigenvalue weighted by Crippen LogP contribution is -2.21. The van der Waals surface area contributed by atoms with Gasteiger partial charge in [0.2, 0.25) is 17.8 Å². The van der Waals surface area contributed by atoms with Crippen molar-refractivity contribution in [3.05, 3.63) is 90.7 Å². The van der Waals surface area contributed by atoms with Crippen LogP contribution in [0.4, 0.5) is 44.7 Å². The molecule has 0 aliphatic rings. The van der Waals surface area contributed by atoms with E-state index in [1.54, 1.807) is 6.92 Å². The summed E-state index contributed by atoms with van der Waals surface area (Å²) in [6.45, 7) is 8.01. The summed E-state index contributed by atoms with van der Waals surface area (Å²) < 4.78 is 168. The van der Waals surface area contributed by atoms with Crippen LogP contribution >= 0.6 is 0 Å². The van der Waals surface area contributed by atoms with E-state index in [4.69, 9.17) is 0 Å². The molecule has 1 heterocycles. The van der Waals surface area contributed by atoms with Gasteiger partial charge in [-0.2, -0.15) is 44.6 Å². The second-order valence-electron chi connectivity index (χ2n) is 12.9. The second kappa shape index (κ2) is 18.4. The van der Waals surface area contributed by atoms with E-state index in [0.29, 0.717) is 29.0 Å². The van der Waals surface area contributed by atoms with Crippen molar-refractivity contribution in [2.75, 3.05) is 27.8 Å². The lowest BCUT2D eigenvalue weighted by atomic mass is 10.1. The summed E-state index contributed by atoms with van der Waals surface area (Å²) in [6.07, 6.45) is -1.93. The zero-order valence-electron chi connectivity index (χ0n) is 32.6. The van der Waals surface area contributed by atoms with E-state index in [0.717, 1.165) is 18.2 Å². The van der Waals surface area contributed by atoms with Crippen molar-refractivity contribution in [3.63, 3.8) is 0 Å². The number of sulfone groups is 2. The Labute approximate surface area is 364 Å². The van der Waals surface area contributed by atoms with Crippen LogP contribution in [-0.4, -0.2) is 94.0 Å². The molecule has 0 radical (unpaired) electrons. The Hall–Kier alpha value is -6.34. The highest BCUT2D eigenvalue weighted by molar-refractivity contribution is 7.94. The van der Waals surface area contributed by atoms with E-state index in [9.17, 15) is 65.6 Å². The summed E-state index contributed by atoms with van der Waals surface area (Å²) in [5.74, 6) is -3.58. The number of aromatic nitrogens is 3. The first kappa shape index (κ1) is 48.7. The maximum atomic E-state index is 15.1. The van der Waals surface area contributed by atoms with Crippen LogP contribution in [0.25, 0.3) is 10.8 Å². The van der Waals surface area contributed by atoms with Gasteiger partial charge in [0, 0.05) is 40.5 Å². The van der Waals surface area contributed by atoms with Crippen LogP contribution in [0.2, 0.25) is 0 Å². The van der Waals surface area contributed by atoms with Gasteiger partial charge in [0.25, 0.3) is 30.4 Å². The number of phenols is 1. The van der Waals surface area contributed by atoms with Crippen LogP contribution in [0.5, 0.6) is 5.75 Å². The molecule has 0 saturated carbocycles. The molecule has 0 aliphatic carbocycles. The fourth-order valence-corrected chi connectivity index (χ4v) is 9.00. The molecule has 64 heavy (non-hydrogen) atoms. The predicted molar refractivity (Wildman–Crippen MR) is 227 cm³/mol. The van der Waals surface area contributed by atoms with Gasteiger partial charge in [-0.3, -0.25) is 18.5 Å². The van der Waals surface area contributed by atoms with Gasteiger partial charge in [0.1, 0.15) is 21.2 Å². The lowest BCUT2D eigenvalue weighted by Gasteiger charge is -2.22. The van der Waals surface area contributed by atoms with Crippen LogP contribution in [0.15, 0.2) is 114 Å². The zero-order chi connectivity index (χ0) is 47.6. The molecule has 23 nitrogen and oxygen atoms in total. The molecule has 340 valence electrons. The average molecular weight is 985 g/mol. The van der Waals surface area contributed by atoms with E-state index in [1.807, 2.05) is 0 Å². The number of phenolic OH excluding ortho intramolecular Hbond substituents is 1. The Morgan fingerprint density at radius 1 is 0.812 bits per heavy atom. The number of nitrogens with one attached hydrogen (secondary N) is 2. The van der Waals surface area contributed by atoms with Crippen molar-refractivity contribution in [1.29, 1.82) is 0 Å². The summed E-state index contributed by atoms with van der Waals surface area (Å²) in [4.78, 5) is 21.7. The number of anilines is 5. The number of halogens is 1. The van der Waals surface area contributed by atoms with Gasteiger partial charge < -0.3 is 20.6 Å². The third-order valence-electron chi connectivity index (χ3n) is 8.64. The summed E-state index contributed by atoms with van der Waals surface area (Å²) in [5.41, 5.74) is -2.60. The minimum absolute atomic E-state index is 0.00762. The molecule has 1 aromatic heterocycles. The first-order valence-electron chi connectivity index (χ1n) is 17.6. The molecule has 6 N–H and O–H groups in total. The monoisotopic (exact) mass is 984 g/mol. The average Bonchev–Trinajstić information content (AvgIpc) is 3.19. The number of amides is 1. The van der Waals surface area contributed by atoms with Crippen molar-refractivity contribution >= 4 is 107 Å². The zero-order valence-corrected chi connectivity index (χ0v) is 36.6. The maximum Gasteiger partial charge on any atom is 0.315 e. The van der Waals surface area contributed by atoms with Gasteiger partial charge in [0.15, 0.2) is 25.4 Å². The highest BCUT2D eigenvalue weighted by atomic mass is 32.2. The van der Waals surface area contributed by atoms with E-state index in [2.05, 4.69) is 49.0 Å². The van der Waals surface area contributed by atoms with Gasteiger partial charge >= 0.3 is 6.08 Å². The number of benzene rings is 4. The molecule has 0 fully saturated rings. The second-order valence-corrected chi connectivity index (χ2v) is 21.1. The topological polar surface area (TPSA) is 359 Å². The van der Waals surface area contributed by atoms with E-state index in [-0.39, 0.29) is 35.7 Å². The van der Waals surface area contributed by atoms with Gasteiger partial charge in [-0.1, -0.05) is 19.2 Å². The Kier molecular flexibility index (Phi) is 14.0. The van der Waals surface area contributed by atoms with Crippen molar-refractivity contribution in [1.82, 2.24) is 15.0 Å². The molecular weight excluding hydrogens is 952 g/mol. The summed E-state index contributed by atoms with van der Waals surface area (Å²) in [6, 6.07) is 9.79. The summed E-state index contributed by atoms with van der Waals surface area (Å²) >= 11 is 0. The SMILES string of the molecule is C=CS(=O)(=O)CCCC(=O)Nc1ccc(S(=O)(=O)O)c(/N=N/c2c(S(=O)(=O)O)cc3cc(S(=O)(=O)O)cc(Nc4nc(F)nc(N(CC)c5cccc(S(=O)(=O)C=C)c5)n4)c3c2O)c1. The Balaban J connectivity index is 1.67. The molecule has 5 aromatic rings. The fraction of sp³-hybridized carbons (Fsp3) is 0.143. The first-order valence-corrected chi connectivity index (χ1v) is 25.2. The number of carbonyl (C=O) groups excluding carboxylic acids is 1. The quantitative estimate of drug-likeness (QED) is 0.0490. The molecule has 4 aromatic carbocycles. The number of nitrogens with zero attached hydrogens (tertiary/aromatic N) is 6. The normalized spacial score (nSPS) is 12.6. The Morgan fingerprint density at radius 3 is 2.11 bits per heavy atom. The first-order chi connectivity index (χ1) is 29.7. The number of azo groups is 1. The van der Waals surface area contributed by atoms with Crippen molar-refractivity contribution in [3.8, 4) is 5.75 Å². The molecule has 29 heteroatoms. The molecule has 0 aliphatic heterocycles. The van der Waals surface area contributed by atoms with Gasteiger partial charge in [-0.15, -0.1) is 10.2 Å². The van der Waals surface area contributed by atoms with Gasteiger partial charge in [0.05, 0.1) is 21.2 Å². The van der Waals surface area contributed by atoms with Crippen LogP contribution in [0.1, 0.15) is 19.8 Å². The molecule has 0 unspecified atom stereocenters. The third kappa shape index (κ3) is 11.4. The van der Waals surface area contributed by atoms with Crippen LogP contribution in [-0.2, 0) is 54.8 Å². The standard InChI is InChI=1S/C35H33FN8O15S5/c1-4-44(22-9-7-10-23(18-22)61(49,50)6-3)35-40-33(36)39-34(41-35)38-26-19-24(62(51,52)53)15-20-16-28(64(57,58)59)31(32(46)30(20)26)43-42-25-17-21(12-13-27(25)63(54,55)56)37-29(45)11-8-14-60(47,48)5-2/h5-7,9-10,12-13,15-19,46H,2-4,8,11,14H2,1H3,(H,37,45)(H,51,52,53)(H,54,55,56)(H,57,58,59)(H,38,39,40,41)/b43-42+. The molecule has 0 atom stereocenters. The number of carbonyl (C=O) groups is 1. The van der Waals surface area contributed by atoms with Crippen molar-refractivity contribution < 1.29 is 70.0 Å². The minimum Gasteiger partial charge on any atom is -0.505 e. The highest BCUT2D eigenvalue weighted by Crippen LogP contribution is 2.46. The minimum atomic E-state index is -5.47. The summed E-state index contributed by atoms with van der Waals surface area (Å²) in [5, 5.41) is 24.0. The van der Waals surface area contributed by atoms with Crippen molar-refractivity contribution in [2.24, 2.45) is 10.2 Å². The molecule has 1 amide bonds. The lowest BCUT2D eigenvalue weighted by molar-refractivity contribution is -0.116. The number of rotatable bonds is 18. The third-order valence-corrected chi connectivity index (χ3v) is 14.0. The molecule has 5 rings (SSSR count). The van der Waals surface area contributed by atoms with Gasteiger partial charge in [-0.25, -0.2) is 16.8 Å². The van der Waals surface area contributed by atoms with Gasteiger partial charge in [-0.05, 0) is 73.3 Å². The fourth-order valence-electron chi connectivity index (χ4n) is 5.74. The summed E-state index contributed by atoms with van der Waals surface area (Å²) in [7, 11) is -23.4. The largest absolute Gasteiger partial charge is 0.505 e. The highest BCUT2D eigenvalue weighted by Gasteiger charge is 2.27. The maximum absolute atomic E-state index is 15.1. The number of hydrogen-bond acceptors (Lipinski definition) is 19. The smallest absolute Gasteiger partial charge is 0.315 e. The van der Waals surface area contributed by atoms with E-state index in [1.165, 1.54) is 29.2 Å². The predicted octanol–water partition coefficient (Wildman–Crippen LogP) is 5.12. The molecule has 0 bridgehead atoms.